The lowest BCUT2D eigenvalue weighted by molar-refractivity contribution is -0.140. The molecule has 0 spiro atoms. The molecular weight excluding hydrogens is 623 g/mol. The number of amides is 2. The molecule has 4 aromatic carbocycles. The van der Waals surface area contributed by atoms with Crippen molar-refractivity contribution >= 4 is 27.5 Å². The Morgan fingerprint density at radius 1 is 0.833 bits per heavy atom. The molecule has 48 heavy (non-hydrogen) atoms. The third kappa shape index (κ3) is 8.63. The number of rotatable bonds is 14. The normalized spacial score (nSPS) is 14.1. The van der Waals surface area contributed by atoms with Crippen LogP contribution in [0.3, 0.4) is 0 Å². The Labute approximate surface area is 284 Å². The number of hydrogen-bond donors (Lipinski definition) is 1. The topological polar surface area (TPSA) is 96.0 Å². The molecule has 8 nitrogen and oxygen atoms in total. The number of carbonyl (C=O) groups is 2. The molecule has 0 aromatic heterocycles. The van der Waals surface area contributed by atoms with E-state index in [2.05, 4.69) is 5.32 Å². The summed E-state index contributed by atoms with van der Waals surface area (Å²) in [5, 5.41) is 3.26. The Morgan fingerprint density at radius 3 is 2.15 bits per heavy atom. The van der Waals surface area contributed by atoms with Crippen molar-refractivity contribution in [3.05, 3.63) is 126 Å². The van der Waals surface area contributed by atoms with Gasteiger partial charge in [-0.1, -0.05) is 104 Å². The maximum atomic E-state index is 14.8. The van der Waals surface area contributed by atoms with E-state index in [9.17, 15) is 18.0 Å². The van der Waals surface area contributed by atoms with Gasteiger partial charge in [0.2, 0.25) is 11.8 Å². The largest absolute Gasteiger partial charge is 0.492 e. The molecule has 1 N–H and O–H groups in total. The molecule has 9 heteroatoms. The molecule has 1 atom stereocenters. The third-order valence-electron chi connectivity index (χ3n) is 8.87. The predicted molar refractivity (Wildman–Crippen MR) is 189 cm³/mol. The first-order chi connectivity index (χ1) is 23.3. The summed E-state index contributed by atoms with van der Waals surface area (Å²) in [5.74, 6) is -0.391. The highest BCUT2D eigenvalue weighted by Crippen LogP contribution is 2.33. The van der Waals surface area contributed by atoms with Crippen LogP contribution in [-0.2, 0) is 32.6 Å². The Bertz CT molecular complexity index is 1760. The third-order valence-corrected chi connectivity index (χ3v) is 10.6. The lowest BCUT2D eigenvalue weighted by Crippen LogP contribution is -2.55. The van der Waals surface area contributed by atoms with Gasteiger partial charge in [0.25, 0.3) is 10.0 Å². The number of anilines is 1. The molecule has 1 fully saturated rings. The minimum absolute atomic E-state index is 0.0352. The zero-order chi connectivity index (χ0) is 33.9. The first kappa shape index (κ1) is 34.7. The standard InChI is InChI=1S/C39H45N3O5S/c1-3-47-37-26-16-15-25-35(37)42(48(45,46)34-23-11-6-12-24-34)29-38(43)41(28-32-20-14-13-17-30(32)2)36(27-31-18-7-4-8-19-31)39(44)40-33-21-9-5-10-22-33/h4,6-8,11-20,23-26,33,36H,3,5,9-10,21-22,27-29H2,1-2H3,(H,40,44)/t36-/m1/s1. The Morgan fingerprint density at radius 2 is 1.46 bits per heavy atom. The summed E-state index contributed by atoms with van der Waals surface area (Å²) in [7, 11) is -4.23. The summed E-state index contributed by atoms with van der Waals surface area (Å²) in [6, 6.07) is 31.4. The van der Waals surface area contributed by atoms with Gasteiger partial charge in [-0.3, -0.25) is 13.9 Å². The molecule has 252 valence electrons. The quantitative estimate of drug-likeness (QED) is 0.162. The SMILES string of the molecule is CCOc1ccccc1N(CC(=O)N(Cc1ccccc1C)[C@H](Cc1ccccc1)C(=O)NC1CCCCC1)S(=O)(=O)c1ccccc1. The minimum Gasteiger partial charge on any atom is -0.492 e. The average molecular weight is 668 g/mol. The van der Waals surface area contributed by atoms with E-state index in [1.165, 1.54) is 12.1 Å². The highest BCUT2D eigenvalue weighted by Gasteiger charge is 2.36. The first-order valence-corrected chi connectivity index (χ1v) is 18.2. The number of benzene rings is 4. The Balaban J connectivity index is 1.59. The summed E-state index contributed by atoms with van der Waals surface area (Å²) < 4.78 is 35.6. The highest BCUT2D eigenvalue weighted by atomic mass is 32.2. The average Bonchev–Trinajstić information content (AvgIpc) is 3.11. The number of carbonyl (C=O) groups excluding carboxylic acids is 2. The number of aryl methyl sites for hydroxylation is 1. The molecule has 1 saturated carbocycles. The molecule has 1 aliphatic rings. The number of sulfonamides is 1. The van der Waals surface area contributed by atoms with Crippen LogP contribution < -0.4 is 14.4 Å². The van der Waals surface area contributed by atoms with E-state index >= 15 is 0 Å². The summed E-state index contributed by atoms with van der Waals surface area (Å²) in [6.07, 6.45) is 5.31. The van der Waals surface area contributed by atoms with Crippen LogP contribution in [0.15, 0.2) is 114 Å². The zero-order valence-corrected chi connectivity index (χ0v) is 28.6. The fraction of sp³-hybridized carbons (Fsp3) is 0.333. The molecule has 0 aliphatic heterocycles. The number of ether oxygens (including phenoxy) is 1. The lowest BCUT2D eigenvalue weighted by atomic mass is 9.94. The molecular formula is C39H45N3O5S. The molecule has 0 saturated heterocycles. The highest BCUT2D eigenvalue weighted by molar-refractivity contribution is 7.92. The van der Waals surface area contributed by atoms with Crippen molar-refractivity contribution in [3.8, 4) is 5.75 Å². The molecule has 0 heterocycles. The maximum absolute atomic E-state index is 14.8. The first-order valence-electron chi connectivity index (χ1n) is 16.8. The van der Waals surface area contributed by atoms with Crippen LogP contribution in [-0.4, -0.2) is 50.4 Å². The van der Waals surface area contributed by atoms with Crippen molar-refractivity contribution in [3.63, 3.8) is 0 Å². The molecule has 0 bridgehead atoms. The summed E-state index contributed by atoms with van der Waals surface area (Å²) in [5.41, 5.74) is 3.00. The van der Waals surface area contributed by atoms with Crippen LogP contribution in [0.1, 0.15) is 55.7 Å². The summed E-state index contributed by atoms with van der Waals surface area (Å²) in [4.78, 5) is 30.7. The molecule has 4 aromatic rings. The second-order valence-corrected chi connectivity index (χ2v) is 14.1. The smallest absolute Gasteiger partial charge is 0.264 e. The van der Waals surface area contributed by atoms with Gasteiger partial charge in [-0.15, -0.1) is 0 Å². The predicted octanol–water partition coefficient (Wildman–Crippen LogP) is 6.68. The number of para-hydroxylation sites is 2. The second kappa shape index (κ2) is 16.5. The van der Waals surface area contributed by atoms with Gasteiger partial charge in [0.05, 0.1) is 17.2 Å². The van der Waals surface area contributed by atoms with E-state index in [0.717, 1.165) is 53.1 Å². The summed E-state index contributed by atoms with van der Waals surface area (Å²) >= 11 is 0. The van der Waals surface area contributed by atoms with Gasteiger partial charge in [0.1, 0.15) is 18.3 Å². The summed E-state index contributed by atoms with van der Waals surface area (Å²) in [6.45, 7) is 3.70. The van der Waals surface area contributed by atoms with Gasteiger partial charge < -0.3 is 15.0 Å². The van der Waals surface area contributed by atoms with Gasteiger partial charge in [0, 0.05) is 19.0 Å². The van der Waals surface area contributed by atoms with Crippen molar-refractivity contribution < 1.29 is 22.7 Å². The fourth-order valence-electron chi connectivity index (χ4n) is 6.24. The van der Waals surface area contributed by atoms with E-state index in [1.54, 1.807) is 47.4 Å². The van der Waals surface area contributed by atoms with Crippen molar-refractivity contribution in [1.29, 1.82) is 0 Å². The van der Waals surface area contributed by atoms with E-state index < -0.39 is 28.5 Å². The zero-order valence-electron chi connectivity index (χ0n) is 27.8. The van der Waals surface area contributed by atoms with Crippen molar-refractivity contribution in [1.82, 2.24) is 10.2 Å². The van der Waals surface area contributed by atoms with Crippen LogP contribution >= 0.6 is 0 Å². The second-order valence-electron chi connectivity index (χ2n) is 12.2. The molecule has 5 rings (SSSR count). The van der Waals surface area contributed by atoms with Crippen molar-refractivity contribution in [2.75, 3.05) is 17.5 Å². The van der Waals surface area contributed by atoms with Crippen LogP contribution in [0.25, 0.3) is 0 Å². The van der Waals surface area contributed by atoms with Gasteiger partial charge in [-0.2, -0.15) is 0 Å². The van der Waals surface area contributed by atoms with E-state index in [0.29, 0.717) is 12.4 Å². The Kier molecular flexibility index (Phi) is 11.9. The van der Waals surface area contributed by atoms with Gasteiger partial charge in [0.15, 0.2) is 0 Å². The fourth-order valence-corrected chi connectivity index (χ4v) is 7.69. The maximum Gasteiger partial charge on any atom is 0.264 e. The lowest BCUT2D eigenvalue weighted by Gasteiger charge is -2.35. The van der Waals surface area contributed by atoms with Crippen LogP contribution in [0, 0.1) is 6.92 Å². The van der Waals surface area contributed by atoms with E-state index in [1.807, 2.05) is 68.4 Å². The van der Waals surface area contributed by atoms with Crippen molar-refractivity contribution in [2.45, 2.75) is 75.9 Å². The molecule has 0 radical (unpaired) electrons. The van der Waals surface area contributed by atoms with Crippen molar-refractivity contribution in [2.24, 2.45) is 0 Å². The molecule has 1 aliphatic carbocycles. The van der Waals surface area contributed by atoms with Crippen LogP contribution in [0.5, 0.6) is 5.75 Å². The minimum atomic E-state index is -4.23. The molecule has 0 unspecified atom stereocenters. The number of nitrogens with zero attached hydrogens (tertiary/aromatic N) is 2. The van der Waals surface area contributed by atoms with E-state index in [4.69, 9.17) is 4.74 Å². The number of hydrogen-bond acceptors (Lipinski definition) is 5. The van der Waals surface area contributed by atoms with E-state index in [-0.39, 0.29) is 35.5 Å². The monoisotopic (exact) mass is 667 g/mol. The molecule has 2 amide bonds. The number of nitrogens with one attached hydrogen (secondary N) is 1. The van der Waals surface area contributed by atoms with Gasteiger partial charge in [-0.25, -0.2) is 8.42 Å². The Hall–Kier alpha value is -4.63. The van der Waals surface area contributed by atoms with Crippen LogP contribution in [0.4, 0.5) is 5.69 Å². The van der Waals surface area contributed by atoms with Gasteiger partial charge in [-0.05, 0) is 67.6 Å². The van der Waals surface area contributed by atoms with Gasteiger partial charge >= 0.3 is 0 Å². The van der Waals surface area contributed by atoms with Crippen LogP contribution in [0.2, 0.25) is 0 Å².